The Bertz CT molecular complexity index is 1000. The molecule has 3 aliphatic heterocycles. The number of sulfonamides is 1. The molecular weight excluding hydrogens is 448 g/mol. The fraction of sp³-hybridized carbons (Fsp3) is 0.652. The third-order valence-corrected chi connectivity index (χ3v) is 8.59. The van der Waals surface area contributed by atoms with E-state index in [9.17, 15) is 18.0 Å². The summed E-state index contributed by atoms with van der Waals surface area (Å²) in [6.45, 7) is 6.52. The first-order valence-electron chi connectivity index (χ1n) is 11.6. The highest BCUT2D eigenvalue weighted by atomic mass is 32.2. The van der Waals surface area contributed by atoms with Crippen molar-refractivity contribution >= 4 is 21.9 Å². The molecule has 4 atom stereocenters. The monoisotopic (exact) mass is 480 g/mol. The second kappa shape index (κ2) is 9.50. The van der Waals surface area contributed by atoms with Crippen LogP contribution in [0.15, 0.2) is 23.1 Å². The number of hydrogen-bond donors (Lipinski definition) is 0. The summed E-state index contributed by atoms with van der Waals surface area (Å²) >= 11 is 0. The van der Waals surface area contributed by atoms with E-state index < -0.39 is 28.1 Å². The number of esters is 1. The van der Waals surface area contributed by atoms with Crippen LogP contribution in [0, 0.1) is 0 Å². The van der Waals surface area contributed by atoms with Gasteiger partial charge in [0.25, 0.3) is 5.91 Å². The number of fused-ring (bicyclic) bond motifs is 1. The van der Waals surface area contributed by atoms with Gasteiger partial charge < -0.3 is 19.1 Å². The topological polar surface area (TPSA) is 102 Å². The summed E-state index contributed by atoms with van der Waals surface area (Å²) < 4.78 is 44.3. The predicted molar refractivity (Wildman–Crippen MR) is 120 cm³/mol. The number of carbonyl (C=O) groups excluding carboxylic acids is 2. The molecule has 0 N–H and O–H groups in total. The van der Waals surface area contributed by atoms with Gasteiger partial charge >= 0.3 is 5.97 Å². The third kappa shape index (κ3) is 4.68. The van der Waals surface area contributed by atoms with Gasteiger partial charge in [0, 0.05) is 24.7 Å². The van der Waals surface area contributed by atoms with Crippen molar-refractivity contribution in [3.63, 3.8) is 0 Å². The molecule has 1 amide bonds. The van der Waals surface area contributed by atoms with Crippen LogP contribution in [0.1, 0.15) is 52.9 Å². The van der Waals surface area contributed by atoms with Crippen molar-refractivity contribution in [1.29, 1.82) is 0 Å². The minimum atomic E-state index is -3.96. The van der Waals surface area contributed by atoms with Gasteiger partial charge in [-0.3, -0.25) is 9.59 Å². The first-order chi connectivity index (χ1) is 15.7. The molecule has 4 rings (SSSR count). The van der Waals surface area contributed by atoms with Crippen LogP contribution in [0.5, 0.6) is 11.5 Å². The Morgan fingerprint density at radius 2 is 1.70 bits per heavy atom. The first kappa shape index (κ1) is 23.8. The van der Waals surface area contributed by atoms with E-state index in [1.807, 2.05) is 13.8 Å². The number of nitrogens with zero attached hydrogens (tertiary/aromatic N) is 2. The van der Waals surface area contributed by atoms with Gasteiger partial charge in [-0.2, -0.15) is 4.31 Å². The molecule has 10 heteroatoms. The summed E-state index contributed by atoms with van der Waals surface area (Å²) in [6.07, 6.45) is 2.81. The molecule has 3 aliphatic rings. The lowest BCUT2D eigenvalue weighted by Gasteiger charge is -2.40. The van der Waals surface area contributed by atoms with Gasteiger partial charge in [0.15, 0.2) is 17.6 Å². The summed E-state index contributed by atoms with van der Waals surface area (Å²) in [5.41, 5.74) is 0. The number of rotatable bonds is 5. The van der Waals surface area contributed by atoms with Gasteiger partial charge in [-0.15, -0.1) is 0 Å². The number of amides is 1. The zero-order valence-electron chi connectivity index (χ0n) is 19.4. The van der Waals surface area contributed by atoms with E-state index in [-0.39, 0.29) is 29.4 Å². The summed E-state index contributed by atoms with van der Waals surface area (Å²) in [5, 5.41) is 0. The van der Waals surface area contributed by atoms with Crippen LogP contribution in [0.25, 0.3) is 0 Å². The molecule has 0 spiro atoms. The molecule has 0 unspecified atom stereocenters. The molecule has 0 aliphatic carbocycles. The SMILES string of the molecule is C[C@H](OC(=O)[C@@H]1CCCN1S(=O)(=O)c1ccc2c(c1)OCCO2)C(=O)N1[C@H](C)CCC[C@@H]1C. The third-order valence-electron chi connectivity index (χ3n) is 6.68. The van der Waals surface area contributed by atoms with Gasteiger partial charge in [0.1, 0.15) is 19.3 Å². The number of piperidine rings is 1. The highest BCUT2D eigenvalue weighted by Crippen LogP contribution is 2.35. The Morgan fingerprint density at radius 1 is 1.03 bits per heavy atom. The molecule has 9 nitrogen and oxygen atoms in total. The van der Waals surface area contributed by atoms with Crippen molar-refractivity contribution < 1.29 is 32.2 Å². The minimum absolute atomic E-state index is 0.0338. The normalized spacial score (nSPS) is 26.6. The van der Waals surface area contributed by atoms with Gasteiger partial charge in [-0.1, -0.05) is 0 Å². The fourth-order valence-electron chi connectivity index (χ4n) is 4.95. The fourth-order valence-corrected chi connectivity index (χ4v) is 6.61. The maximum atomic E-state index is 13.3. The smallest absolute Gasteiger partial charge is 0.325 e. The summed E-state index contributed by atoms with van der Waals surface area (Å²) in [5.74, 6) is -0.0650. The van der Waals surface area contributed by atoms with Crippen LogP contribution < -0.4 is 9.47 Å². The Kier molecular flexibility index (Phi) is 6.86. The van der Waals surface area contributed by atoms with Crippen LogP contribution in [0.2, 0.25) is 0 Å². The van der Waals surface area contributed by atoms with E-state index in [0.717, 1.165) is 19.3 Å². The lowest BCUT2D eigenvalue weighted by molar-refractivity contribution is -0.164. The number of likely N-dealkylation sites (tertiary alicyclic amines) is 1. The van der Waals surface area contributed by atoms with Crippen molar-refractivity contribution in [3.05, 3.63) is 18.2 Å². The lowest BCUT2D eigenvalue weighted by Crippen LogP contribution is -2.52. The molecular formula is C23H32N2O7S. The Balaban J connectivity index is 1.47. The largest absolute Gasteiger partial charge is 0.486 e. The quantitative estimate of drug-likeness (QED) is 0.596. The van der Waals surface area contributed by atoms with Gasteiger partial charge in [0.05, 0.1) is 4.90 Å². The Morgan fingerprint density at radius 3 is 2.39 bits per heavy atom. The average molecular weight is 481 g/mol. The highest BCUT2D eigenvalue weighted by Gasteiger charge is 2.42. The minimum Gasteiger partial charge on any atom is -0.486 e. The van der Waals surface area contributed by atoms with Crippen LogP contribution in [0.3, 0.4) is 0 Å². The van der Waals surface area contributed by atoms with Crippen molar-refractivity contribution in [1.82, 2.24) is 9.21 Å². The van der Waals surface area contributed by atoms with Crippen LogP contribution in [0.4, 0.5) is 0 Å². The number of carbonyl (C=O) groups is 2. The average Bonchev–Trinajstić information content (AvgIpc) is 3.29. The predicted octanol–water partition coefficient (Wildman–Crippen LogP) is 2.33. The molecule has 3 heterocycles. The highest BCUT2D eigenvalue weighted by molar-refractivity contribution is 7.89. The van der Waals surface area contributed by atoms with E-state index in [2.05, 4.69) is 0 Å². The van der Waals surface area contributed by atoms with Crippen LogP contribution >= 0.6 is 0 Å². The summed E-state index contributed by atoms with van der Waals surface area (Å²) in [4.78, 5) is 27.8. The van der Waals surface area contributed by atoms with Gasteiger partial charge in [-0.25, -0.2) is 8.42 Å². The van der Waals surface area contributed by atoms with Crippen molar-refractivity contribution in [2.75, 3.05) is 19.8 Å². The van der Waals surface area contributed by atoms with Crippen LogP contribution in [-0.4, -0.2) is 73.5 Å². The number of benzene rings is 1. The molecule has 0 bridgehead atoms. The molecule has 2 saturated heterocycles. The van der Waals surface area contributed by atoms with E-state index >= 15 is 0 Å². The standard InChI is InChI=1S/C23H32N2O7S/c1-15-6-4-7-16(2)25(15)22(26)17(3)32-23(27)19-8-5-11-24(19)33(28,29)18-9-10-20-21(14-18)31-13-12-30-20/h9-10,14-17,19H,4-8,11-13H2,1-3H3/t15-,16+,17-,19-/m0/s1. The lowest BCUT2D eigenvalue weighted by atomic mass is 9.97. The van der Waals surface area contributed by atoms with Crippen LogP contribution in [-0.2, 0) is 24.3 Å². The molecule has 0 aromatic heterocycles. The molecule has 0 radical (unpaired) electrons. The van der Waals surface area contributed by atoms with Crippen molar-refractivity contribution in [2.24, 2.45) is 0 Å². The van der Waals surface area contributed by atoms with Gasteiger partial charge in [0.2, 0.25) is 10.0 Å². The molecule has 182 valence electrons. The maximum Gasteiger partial charge on any atom is 0.325 e. The zero-order valence-corrected chi connectivity index (χ0v) is 20.2. The second-order valence-corrected chi connectivity index (χ2v) is 10.9. The summed E-state index contributed by atoms with van der Waals surface area (Å²) in [7, 11) is -3.96. The van der Waals surface area contributed by atoms with Crippen molar-refractivity contribution in [3.8, 4) is 11.5 Å². The maximum absolute atomic E-state index is 13.3. The van der Waals surface area contributed by atoms with E-state index in [4.69, 9.17) is 14.2 Å². The number of ether oxygens (including phenoxy) is 3. The summed E-state index contributed by atoms with van der Waals surface area (Å²) in [6, 6.07) is 3.65. The molecule has 33 heavy (non-hydrogen) atoms. The first-order valence-corrected chi connectivity index (χ1v) is 13.1. The van der Waals surface area contributed by atoms with E-state index in [1.54, 1.807) is 17.9 Å². The van der Waals surface area contributed by atoms with E-state index in [1.165, 1.54) is 16.4 Å². The zero-order chi connectivity index (χ0) is 23.8. The van der Waals surface area contributed by atoms with Gasteiger partial charge in [-0.05, 0) is 65.0 Å². The number of hydrogen-bond acceptors (Lipinski definition) is 7. The second-order valence-electron chi connectivity index (χ2n) is 9.03. The molecule has 2 fully saturated rings. The Hall–Kier alpha value is -2.33. The molecule has 0 saturated carbocycles. The molecule has 1 aromatic carbocycles. The van der Waals surface area contributed by atoms with Crippen molar-refractivity contribution in [2.45, 2.75) is 82.0 Å². The van der Waals surface area contributed by atoms with E-state index in [0.29, 0.717) is 37.6 Å². The molecule has 1 aromatic rings. The Labute approximate surface area is 195 Å².